The zero-order valence-electron chi connectivity index (χ0n) is 22.2. The fourth-order valence-electron chi connectivity index (χ4n) is 7.07. The third-order valence-corrected chi connectivity index (χ3v) is 10.4. The number of hydrogen-bond donors (Lipinski definition) is 1. The van der Waals surface area contributed by atoms with E-state index in [1.54, 1.807) is 12.3 Å². The summed E-state index contributed by atoms with van der Waals surface area (Å²) in [7, 11) is -2.33. The number of aromatic nitrogens is 2. The molecule has 202 valence electrons. The zero-order chi connectivity index (χ0) is 26.9. The van der Waals surface area contributed by atoms with Crippen LogP contribution in [0.5, 0.6) is 0 Å². The van der Waals surface area contributed by atoms with Gasteiger partial charge in [-0.25, -0.2) is 14.4 Å². The molecule has 2 aromatic carbocycles. The zero-order valence-corrected chi connectivity index (χ0v) is 23.0. The number of nitrogens with two attached hydrogens (primary N) is 1. The molecule has 1 unspecified atom stereocenters. The first kappa shape index (κ1) is 24.7. The Bertz CT molecular complexity index is 1630. The van der Waals surface area contributed by atoms with Crippen LogP contribution in [0.25, 0.3) is 0 Å². The van der Waals surface area contributed by atoms with Gasteiger partial charge in [0.15, 0.2) is 5.84 Å². The largest absolute Gasteiger partial charge is 0.355 e. The van der Waals surface area contributed by atoms with E-state index in [2.05, 4.69) is 21.7 Å². The maximum Gasteiger partial charge on any atom is 0.156 e. The SMILES string of the molecule is C=S(C)(=O)c1cccc2c1CCCN2C1=NCc2nc(N3CCC4(CC3)Cc3cccc(F)c3[C@H]4N)cnc21. The molecule has 0 saturated carbocycles. The van der Waals surface area contributed by atoms with Crippen molar-refractivity contribution in [1.82, 2.24) is 9.97 Å². The molecular formula is C30H33FN6OS. The molecule has 2 atom stereocenters. The van der Waals surface area contributed by atoms with E-state index in [9.17, 15) is 8.60 Å². The fourth-order valence-corrected chi connectivity index (χ4v) is 8.16. The van der Waals surface area contributed by atoms with Crippen molar-refractivity contribution in [1.29, 1.82) is 0 Å². The van der Waals surface area contributed by atoms with Crippen molar-refractivity contribution in [3.05, 3.63) is 76.5 Å². The van der Waals surface area contributed by atoms with Crippen molar-refractivity contribution < 1.29 is 8.60 Å². The highest BCUT2D eigenvalue weighted by molar-refractivity contribution is 7.99. The summed E-state index contributed by atoms with van der Waals surface area (Å²) < 4.78 is 27.4. The van der Waals surface area contributed by atoms with E-state index in [-0.39, 0.29) is 17.3 Å². The first-order valence-corrected chi connectivity index (χ1v) is 15.8. The number of hydrogen-bond acceptors (Lipinski definition) is 7. The minimum absolute atomic E-state index is 0.0993. The van der Waals surface area contributed by atoms with Crippen molar-refractivity contribution in [3.8, 4) is 0 Å². The van der Waals surface area contributed by atoms with E-state index >= 15 is 0 Å². The van der Waals surface area contributed by atoms with Gasteiger partial charge in [0.05, 0.1) is 18.4 Å². The van der Waals surface area contributed by atoms with Gasteiger partial charge in [0.2, 0.25) is 0 Å². The summed E-state index contributed by atoms with van der Waals surface area (Å²) in [5, 5.41) is 0. The predicted molar refractivity (Wildman–Crippen MR) is 155 cm³/mol. The average molecular weight is 545 g/mol. The Morgan fingerprint density at radius 2 is 1.95 bits per heavy atom. The van der Waals surface area contributed by atoms with Crippen LogP contribution in [-0.2, 0) is 28.9 Å². The molecule has 3 aromatic rings. The van der Waals surface area contributed by atoms with Gasteiger partial charge in [0.25, 0.3) is 0 Å². The highest BCUT2D eigenvalue weighted by atomic mass is 32.2. The molecule has 1 saturated heterocycles. The molecule has 0 bridgehead atoms. The normalized spacial score (nSPS) is 22.7. The second-order valence-corrected chi connectivity index (χ2v) is 13.9. The number of fused-ring (bicyclic) bond motifs is 3. The lowest BCUT2D eigenvalue weighted by Gasteiger charge is -2.42. The van der Waals surface area contributed by atoms with Gasteiger partial charge in [-0.1, -0.05) is 18.2 Å². The molecular weight excluding hydrogens is 511 g/mol. The average Bonchev–Trinajstić information content (AvgIpc) is 3.47. The van der Waals surface area contributed by atoms with Crippen molar-refractivity contribution in [2.24, 2.45) is 16.1 Å². The molecule has 7 nitrogen and oxygen atoms in total. The lowest BCUT2D eigenvalue weighted by molar-refractivity contribution is 0.185. The van der Waals surface area contributed by atoms with Crippen LogP contribution in [0.2, 0.25) is 0 Å². The second-order valence-electron chi connectivity index (χ2n) is 11.5. The number of anilines is 2. The molecule has 2 N–H and O–H groups in total. The Morgan fingerprint density at radius 1 is 1.15 bits per heavy atom. The standard InChI is InChI=1S/C30H33FN6OS/c1-39(2,38)24-10-4-9-23-20(24)7-5-13-37(23)29-27-22(17-34-29)35-25(18-33-27)36-14-11-30(12-15-36)16-19-6-3-8-21(31)26(19)28(30)32/h3-4,6,8-10,18,28H,1,5,7,11-17,32H2,2H3/t28-,39?/m1/s1. The summed E-state index contributed by atoms with van der Waals surface area (Å²) in [6.07, 6.45) is 8.01. The van der Waals surface area contributed by atoms with Crippen molar-refractivity contribution >= 4 is 32.7 Å². The van der Waals surface area contributed by atoms with Crippen LogP contribution in [0.15, 0.2) is 52.5 Å². The molecule has 1 fully saturated rings. The summed E-state index contributed by atoms with van der Waals surface area (Å²) in [5.74, 6) is 5.45. The van der Waals surface area contributed by atoms with Crippen LogP contribution < -0.4 is 15.5 Å². The van der Waals surface area contributed by atoms with Crippen molar-refractivity contribution in [2.45, 2.75) is 49.6 Å². The van der Waals surface area contributed by atoms with Crippen LogP contribution in [0.4, 0.5) is 15.9 Å². The summed E-state index contributed by atoms with van der Waals surface area (Å²) in [6, 6.07) is 11.0. The lowest BCUT2D eigenvalue weighted by atomic mass is 9.73. The molecule has 0 radical (unpaired) electrons. The monoisotopic (exact) mass is 544 g/mol. The molecule has 4 aliphatic rings. The van der Waals surface area contributed by atoms with E-state index in [0.717, 1.165) is 96.5 Å². The van der Waals surface area contributed by atoms with Gasteiger partial charge in [0.1, 0.15) is 17.3 Å². The third-order valence-electron chi connectivity index (χ3n) is 9.09. The summed E-state index contributed by atoms with van der Waals surface area (Å²) in [5.41, 5.74) is 12.1. The number of amidine groups is 1. The van der Waals surface area contributed by atoms with Gasteiger partial charge in [-0.05, 0) is 82.2 Å². The van der Waals surface area contributed by atoms with Crippen LogP contribution in [-0.4, -0.2) is 51.8 Å². The van der Waals surface area contributed by atoms with Crippen LogP contribution in [0, 0.1) is 11.2 Å². The topological polar surface area (TPSA) is 87.7 Å². The summed E-state index contributed by atoms with van der Waals surface area (Å²) >= 11 is 0. The first-order chi connectivity index (χ1) is 18.7. The van der Waals surface area contributed by atoms with Gasteiger partial charge in [-0.2, -0.15) is 0 Å². The molecule has 1 aromatic heterocycles. The minimum atomic E-state index is -2.33. The minimum Gasteiger partial charge on any atom is -0.355 e. The molecule has 7 rings (SSSR count). The highest BCUT2D eigenvalue weighted by Gasteiger charge is 2.47. The maximum atomic E-state index is 14.5. The Kier molecular flexibility index (Phi) is 5.61. The Hall–Kier alpha value is -3.30. The molecule has 4 heterocycles. The maximum absolute atomic E-state index is 14.5. The quantitative estimate of drug-likeness (QED) is 0.493. The summed E-state index contributed by atoms with van der Waals surface area (Å²) in [4.78, 5) is 20.0. The first-order valence-electron chi connectivity index (χ1n) is 13.7. The van der Waals surface area contributed by atoms with E-state index in [0.29, 0.717) is 12.1 Å². The molecule has 9 heteroatoms. The molecule has 0 amide bonds. The predicted octanol–water partition coefficient (Wildman–Crippen LogP) is 3.88. The van der Waals surface area contributed by atoms with Crippen LogP contribution in [0.1, 0.15) is 53.4 Å². The number of benzene rings is 2. The number of piperidine rings is 1. The van der Waals surface area contributed by atoms with Crippen LogP contribution in [0.3, 0.4) is 0 Å². The number of halogens is 1. The fraction of sp³-hybridized carbons (Fsp3) is 0.400. The molecule has 1 spiro atoms. The van der Waals surface area contributed by atoms with Gasteiger partial charge < -0.3 is 15.5 Å². The van der Waals surface area contributed by atoms with Gasteiger partial charge in [-0.3, -0.25) is 9.20 Å². The van der Waals surface area contributed by atoms with Crippen LogP contribution >= 0.6 is 0 Å². The second kappa shape index (κ2) is 8.86. The van der Waals surface area contributed by atoms with E-state index in [4.69, 9.17) is 20.7 Å². The molecule has 1 aliphatic carbocycles. The van der Waals surface area contributed by atoms with Crippen molar-refractivity contribution in [2.75, 3.05) is 35.7 Å². The molecule has 39 heavy (non-hydrogen) atoms. The number of rotatable bonds is 2. The van der Waals surface area contributed by atoms with Gasteiger partial charge in [-0.15, -0.1) is 0 Å². The van der Waals surface area contributed by atoms with E-state index in [1.807, 2.05) is 24.4 Å². The van der Waals surface area contributed by atoms with E-state index < -0.39 is 9.52 Å². The van der Waals surface area contributed by atoms with Gasteiger partial charge >= 0.3 is 0 Å². The summed E-state index contributed by atoms with van der Waals surface area (Å²) in [6.45, 7) is 2.95. The Balaban J connectivity index is 1.11. The Labute approximate surface area is 229 Å². The smallest absolute Gasteiger partial charge is 0.156 e. The number of nitrogens with zero attached hydrogens (tertiary/aromatic N) is 5. The highest BCUT2D eigenvalue weighted by Crippen LogP contribution is 2.51. The molecule has 3 aliphatic heterocycles. The van der Waals surface area contributed by atoms with E-state index in [1.165, 1.54) is 6.07 Å². The third kappa shape index (κ3) is 3.89. The van der Waals surface area contributed by atoms with Crippen molar-refractivity contribution in [3.63, 3.8) is 0 Å². The van der Waals surface area contributed by atoms with Gasteiger partial charge in [0, 0.05) is 48.1 Å². The lowest BCUT2D eigenvalue weighted by Crippen LogP contribution is -2.44. The Morgan fingerprint density at radius 3 is 2.72 bits per heavy atom. The number of aliphatic imine (C=N–C) groups is 1.